The van der Waals surface area contributed by atoms with E-state index in [0.717, 1.165) is 6.07 Å². The quantitative estimate of drug-likeness (QED) is 0.593. The van der Waals surface area contributed by atoms with Crippen LogP contribution in [-0.2, 0) is 12.4 Å². The van der Waals surface area contributed by atoms with E-state index < -0.39 is 35.0 Å². The van der Waals surface area contributed by atoms with Crippen LogP contribution in [0.4, 0.5) is 32.0 Å². The van der Waals surface area contributed by atoms with Crippen molar-refractivity contribution < 1.29 is 26.3 Å². The maximum atomic E-state index is 12.8. The maximum Gasteiger partial charge on any atom is 0.417 e. The predicted octanol–water partition coefficient (Wildman–Crippen LogP) is 4.43. The summed E-state index contributed by atoms with van der Waals surface area (Å²) in [5.41, 5.74) is 1.06. The molecular weight excluding hydrogens is 260 g/mol. The molecule has 0 aliphatic heterocycles. The molecule has 0 saturated heterocycles. The van der Waals surface area contributed by atoms with Crippen LogP contribution in [0, 0.1) is 0 Å². The van der Waals surface area contributed by atoms with Gasteiger partial charge < -0.3 is 5.73 Å². The first kappa shape index (κ1) is 14.7. The maximum absolute atomic E-state index is 12.8. The fourth-order valence-corrected chi connectivity index (χ4v) is 1.68. The van der Waals surface area contributed by atoms with Crippen LogP contribution >= 0.6 is 0 Å². The standard InChI is InChI=1S/C11H11F6N/c1-5(2)7-3-6(18)4-8(10(12,13)14)9(7)11(15,16)17/h3-5H,18H2,1-2H3. The summed E-state index contributed by atoms with van der Waals surface area (Å²) in [6, 6.07) is 1.25. The second-order valence-corrected chi connectivity index (χ2v) is 4.18. The van der Waals surface area contributed by atoms with E-state index in [1.165, 1.54) is 13.8 Å². The summed E-state index contributed by atoms with van der Waals surface area (Å²) in [5, 5.41) is 0. The lowest BCUT2D eigenvalue weighted by atomic mass is 9.92. The van der Waals surface area contributed by atoms with E-state index in [1.807, 2.05) is 0 Å². The third-order valence-electron chi connectivity index (χ3n) is 2.40. The highest BCUT2D eigenvalue weighted by Gasteiger charge is 2.45. The summed E-state index contributed by atoms with van der Waals surface area (Å²) in [4.78, 5) is 0. The summed E-state index contributed by atoms with van der Waals surface area (Å²) < 4.78 is 76.3. The van der Waals surface area contributed by atoms with Crippen LogP contribution in [0.25, 0.3) is 0 Å². The number of nitrogens with two attached hydrogens (primary N) is 1. The second kappa shape index (κ2) is 4.37. The SMILES string of the molecule is CC(C)c1cc(N)cc(C(F)(F)F)c1C(F)(F)F. The fourth-order valence-electron chi connectivity index (χ4n) is 1.68. The first-order chi connectivity index (χ1) is 7.94. The van der Waals surface area contributed by atoms with Crippen LogP contribution < -0.4 is 5.73 Å². The molecule has 0 heterocycles. The van der Waals surface area contributed by atoms with E-state index in [1.54, 1.807) is 0 Å². The minimum Gasteiger partial charge on any atom is -0.399 e. The van der Waals surface area contributed by atoms with Gasteiger partial charge >= 0.3 is 12.4 Å². The zero-order valence-corrected chi connectivity index (χ0v) is 9.58. The Morgan fingerprint density at radius 2 is 1.44 bits per heavy atom. The van der Waals surface area contributed by atoms with Crippen molar-refractivity contribution >= 4 is 5.69 Å². The number of hydrogen-bond acceptors (Lipinski definition) is 1. The summed E-state index contributed by atoms with van der Waals surface area (Å²) >= 11 is 0. The predicted molar refractivity (Wildman–Crippen MR) is 54.9 cm³/mol. The highest BCUT2D eigenvalue weighted by Crippen LogP contribution is 2.44. The topological polar surface area (TPSA) is 26.0 Å². The van der Waals surface area contributed by atoms with Gasteiger partial charge in [-0.15, -0.1) is 0 Å². The first-order valence-electron chi connectivity index (χ1n) is 5.02. The van der Waals surface area contributed by atoms with Crippen molar-refractivity contribution in [1.82, 2.24) is 0 Å². The van der Waals surface area contributed by atoms with E-state index in [4.69, 9.17) is 5.73 Å². The molecule has 0 aliphatic carbocycles. The van der Waals surface area contributed by atoms with Gasteiger partial charge in [0.15, 0.2) is 0 Å². The molecule has 0 spiro atoms. The number of hydrogen-bond donors (Lipinski definition) is 1. The van der Waals surface area contributed by atoms with Crippen molar-refractivity contribution in [2.45, 2.75) is 32.1 Å². The molecule has 0 saturated carbocycles. The van der Waals surface area contributed by atoms with Crippen molar-refractivity contribution in [1.29, 1.82) is 0 Å². The van der Waals surface area contributed by atoms with Gasteiger partial charge in [0, 0.05) is 5.69 Å². The fraction of sp³-hybridized carbons (Fsp3) is 0.455. The molecule has 0 fully saturated rings. The number of rotatable bonds is 1. The second-order valence-electron chi connectivity index (χ2n) is 4.18. The van der Waals surface area contributed by atoms with Crippen molar-refractivity contribution in [3.05, 3.63) is 28.8 Å². The molecule has 0 aliphatic rings. The molecule has 0 unspecified atom stereocenters. The molecule has 2 N–H and O–H groups in total. The molecule has 18 heavy (non-hydrogen) atoms. The third kappa shape index (κ3) is 2.88. The van der Waals surface area contributed by atoms with Crippen LogP contribution in [0.15, 0.2) is 12.1 Å². The Bertz CT molecular complexity index is 444. The summed E-state index contributed by atoms with van der Waals surface area (Å²) in [6.45, 7) is 2.76. The van der Waals surface area contributed by atoms with Gasteiger partial charge in [-0.05, 0) is 23.6 Å². The summed E-state index contributed by atoms with van der Waals surface area (Å²) in [7, 11) is 0. The molecular formula is C11H11F6N. The highest BCUT2D eigenvalue weighted by molar-refractivity contribution is 5.52. The van der Waals surface area contributed by atoms with Crippen LogP contribution in [-0.4, -0.2) is 0 Å². The number of nitrogen functional groups attached to an aromatic ring is 1. The van der Waals surface area contributed by atoms with Crippen LogP contribution in [0.3, 0.4) is 0 Å². The van der Waals surface area contributed by atoms with Crippen LogP contribution in [0.2, 0.25) is 0 Å². The van der Waals surface area contributed by atoms with Gasteiger partial charge in [0.05, 0.1) is 11.1 Å². The zero-order valence-electron chi connectivity index (χ0n) is 9.58. The minimum absolute atomic E-state index is 0.314. The van der Waals surface area contributed by atoms with Gasteiger partial charge in [0.25, 0.3) is 0 Å². The zero-order chi connectivity index (χ0) is 14.3. The molecule has 7 heteroatoms. The lowest BCUT2D eigenvalue weighted by Gasteiger charge is -2.21. The monoisotopic (exact) mass is 271 g/mol. The minimum atomic E-state index is -5.09. The van der Waals surface area contributed by atoms with Gasteiger partial charge in [0.1, 0.15) is 0 Å². The molecule has 1 aromatic rings. The smallest absolute Gasteiger partial charge is 0.399 e. The molecule has 1 nitrogen and oxygen atoms in total. The van der Waals surface area contributed by atoms with Crippen molar-refractivity contribution in [2.24, 2.45) is 0 Å². The van der Waals surface area contributed by atoms with Gasteiger partial charge in [-0.2, -0.15) is 26.3 Å². The highest BCUT2D eigenvalue weighted by atomic mass is 19.4. The number of anilines is 1. The average molecular weight is 271 g/mol. The molecule has 0 bridgehead atoms. The van der Waals surface area contributed by atoms with Crippen LogP contribution in [0.1, 0.15) is 36.5 Å². The van der Waals surface area contributed by atoms with E-state index in [2.05, 4.69) is 0 Å². The molecule has 102 valence electrons. The Hall–Kier alpha value is -1.40. The lowest BCUT2D eigenvalue weighted by Crippen LogP contribution is -2.20. The third-order valence-corrected chi connectivity index (χ3v) is 2.40. The molecule has 1 aromatic carbocycles. The van der Waals surface area contributed by atoms with E-state index >= 15 is 0 Å². The van der Waals surface area contributed by atoms with Crippen molar-refractivity contribution in [3.63, 3.8) is 0 Å². The average Bonchev–Trinajstić information content (AvgIpc) is 2.12. The Morgan fingerprint density at radius 1 is 0.944 bits per heavy atom. The Labute approximate surface area is 99.6 Å². The van der Waals surface area contributed by atoms with Crippen molar-refractivity contribution in [2.75, 3.05) is 5.73 Å². The van der Waals surface area contributed by atoms with Crippen LogP contribution in [0.5, 0.6) is 0 Å². The Morgan fingerprint density at radius 3 is 1.78 bits per heavy atom. The Kier molecular flexibility index (Phi) is 3.56. The normalized spacial score (nSPS) is 13.2. The molecule has 0 aromatic heterocycles. The van der Waals surface area contributed by atoms with E-state index in [0.29, 0.717) is 6.07 Å². The van der Waals surface area contributed by atoms with Gasteiger partial charge in [-0.3, -0.25) is 0 Å². The first-order valence-corrected chi connectivity index (χ1v) is 5.02. The van der Waals surface area contributed by atoms with Gasteiger partial charge in [0.2, 0.25) is 0 Å². The van der Waals surface area contributed by atoms with Gasteiger partial charge in [-0.1, -0.05) is 13.8 Å². The molecule has 1 rings (SSSR count). The van der Waals surface area contributed by atoms with E-state index in [-0.39, 0.29) is 5.69 Å². The largest absolute Gasteiger partial charge is 0.417 e. The molecule has 0 atom stereocenters. The van der Waals surface area contributed by atoms with Crippen molar-refractivity contribution in [3.8, 4) is 0 Å². The summed E-state index contributed by atoms with van der Waals surface area (Å²) in [6.07, 6.45) is -10.2. The Balaban J connectivity index is 3.70. The summed E-state index contributed by atoms with van der Waals surface area (Å²) in [5.74, 6) is -0.716. The molecule has 0 radical (unpaired) electrons. The number of halogens is 6. The lowest BCUT2D eigenvalue weighted by molar-refractivity contribution is -0.162. The number of benzene rings is 1. The van der Waals surface area contributed by atoms with Gasteiger partial charge in [-0.25, -0.2) is 0 Å². The number of alkyl halides is 6. The van der Waals surface area contributed by atoms with E-state index in [9.17, 15) is 26.3 Å². The molecule has 0 amide bonds.